The molecule has 30 heavy (non-hydrogen) atoms. The van der Waals surface area contributed by atoms with Crippen LogP contribution in [0.1, 0.15) is 22.3 Å². The van der Waals surface area contributed by atoms with Crippen molar-refractivity contribution in [1.82, 2.24) is 0 Å². The van der Waals surface area contributed by atoms with Crippen LogP contribution in [-0.2, 0) is 0 Å². The molecule has 0 amide bonds. The summed E-state index contributed by atoms with van der Waals surface area (Å²) in [5.41, 5.74) is 4.62. The number of hydrogen-bond acceptors (Lipinski definition) is 0. The zero-order chi connectivity index (χ0) is 21.1. The Morgan fingerprint density at radius 3 is 1.37 bits per heavy atom. The van der Waals surface area contributed by atoms with Crippen molar-refractivity contribution < 1.29 is 0 Å². The van der Waals surface area contributed by atoms with Gasteiger partial charge in [0, 0.05) is 17.9 Å². The lowest BCUT2D eigenvalue weighted by Crippen LogP contribution is -1.80. The molecule has 0 heterocycles. The van der Waals surface area contributed by atoms with Gasteiger partial charge in [-0.15, -0.1) is 0 Å². The van der Waals surface area contributed by atoms with E-state index in [1.807, 2.05) is 24.3 Å². The summed E-state index contributed by atoms with van der Waals surface area (Å²) in [7, 11) is 0. The lowest BCUT2D eigenvalue weighted by atomic mass is 10.0. The van der Waals surface area contributed by atoms with Crippen LogP contribution in [0.4, 0.5) is 0 Å². The van der Waals surface area contributed by atoms with E-state index in [0.29, 0.717) is 0 Å². The Morgan fingerprint density at radius 2 is 0.900 bits per heavy atom. The fraction of sp³-hybridized carbons (Fsp3) is 0. The number of hydrogen-bond donors (Lipinski definition) is 0. The van der Waals surface area contributed by atoms with Crippen LogP contribution >= 0.6 is 63.7 Å². The molecule has 0 bridgehead atoms. The molecule has 0 atom stereocenters. The predicted molar refractivity (Wildman–Crippen MR) is 145 cm³/mol. The fourth-order valence-corrected chi connectivity index (χ4v) is 4.66. The van der Waals surface area contributed by atoms with Crippen molar-refractivity contribution in [2.24, 2.45) is 0 Å². The van der Waals surface area contributed by atoms with Gasteiger partial charge in [0.25, 0.3) is 0 Å². The van der Waals surface area contributed by atoms with Gasteiger partial charge in [-0.25, -0.2) is 0 Å². The molecule has 0 N–H and O–H groups in total. The van der Waals surface area contributed by atoms with Gasteiger partial charge in [0.05, 0.1) is 0 Å². The van der Waals surface area contributed by atoms with Crippen molar-refractivity contribution in [2.75, 3.05) is 0 Å². The van der Waals surface area contributed by atoms with E-state index >= 15 is 0 Å². The number of benzene rings is 4. The molecule has 0 radical (unpaired) electrons. The van der Waals surface area contributed by atoms with E-state index in [-0.39, 0.29) is 0 Å². The summed E-state index contributed by atoms with van der Waals surface area (Å²) in [4.78, 5) is 0. The maximum Gasteiger partial charge on any atom is 0.0248 e. The molecular weight excluding hydrogens is 632 g/mol. The number of halogens is 4. The third-order valence-corrected chi connectivity index (χ3v) is 7.15. The first-order chi connectivity index (χ1) is 14.5. The highest BCUT2D eigenvalue weighted by Crippen LogP contribution is 2.26. The highest BCUT2D eigenvalue weighted by molar-refractivity contribution is 9.11. The van der Waals surface area contributed by atoms with Crippen LogP contribution in [0.15, 0.2) is 90.7 Å². The van der Waals surface area contributed by atoms with E-state index in [1.54, 1.807) is 0 Å². The van der Waals surface area contributed by atoms with Gasteiger partial charge in [0.2, 0.25) is 0 Å². The van der Waals surface area contributed by atoms with Crippen LogP contribution in [0.25, 0.3) is 35.1 Å². The Morgan fingerprint density at radius 1 is 0.433 bits per heavy atom. The van der Waals surface area contributed by atoms with E-state index in [1.165, 1.54) is 21.9 Å². The van der Waals surface area contributed by atoms with Crippen molar-refractivity contribution in [3.8, 4) is 0 Å². The molecule has 0 saturated heterocycles. The van der Waals surface area contributed by atoms with Crippen LogP contribution < -0.4 is 0 Å². The predicted octanol–water partition coefficient (Wildman–Crippen LogP) is 10.2. The van der Waals surface area contributed by atoms with Crippen molar-refractivity contribution >= 4 is 98.8 Å². The molecule has 0 fully saturated rings. The molecule has 0 aliphatic carbocycles. The Hall–Kier alpha value is -1.46. The van der Waals surface area contributed by atoms with Gasteiger partial charge in [0.1, 0.15) is 0 Å². The molecular formula is C26H16Br4. The van der Waals surface area contributed by atoms with E-state index in [4.69, 9.17) is 0 Å². The lowest BCUT2D eigenvalue weighted by Gasteiger charge is -2.04. The second kappa shape index (κ2) is 9.78. The standard InChI is InChI=1S/C26H16Br4/c27-23-9-11-25(29)20(15-23)7-3-17-1-5-19-6-2-18(14-22(19)13-17)4-8-21-16-24(28)10-12-26(21)30/h1-16H. The monoisotopic (exact) mass is 644 g/mol. The highest BCUT2D eigenvalue weighted by atomic mass is 79.9. The average molecular weight is 648 g/mol. The summed E-state index contributed by atoms with van der Waals surface area (Å²) in [6.45, 7) is 0. The second-order valence-electron chi connectivity index (χ2n) is 6.86. The first-order valence-corrected chi connectivity index (χ1v) is 12.5. The van der Waals surface area contributed by atoms with Gasteiger partial charge in [-0.05, 0) is 81.6 Å². The van der Waals surface area contributed by atoms with Crippen LogP contribution in [0, 0.1) is 0 Å². The zero-order valence-electron chi connectivity index (χ0n) is 15.7. The summed E-state index contributed by atoms with van der Waals surface area (Å²) >= 11 is 14.3. The maximum absolute atomic E-state index is 3.61. The van der Waals surface area contributed by atoms with Gasteiger partial charge >= 0.3 is 0 Å². The summed E-state index contributed by atoms with van der Waals surface area (Å²) in [6, 6.07) is 25.4. The molecule has 4 aromatic rings. The van der Waals surface area contributed by atoms with Gasteiger partial charge in [-0.3, -0.25) is 0 Å². The van der Waals surface area contributed by atoms with E-state index in [0.717, 1.165) is 29.0 Å². The average Bonchev–Trinajstić information content (AvgIpc) is 2.74. The third-order valence-electron chi connectivity index (χ3n) is 4.72. The topological polar surface area (TPSA) is 0 Å². The fourth-order valence-electron chi connectivity index (χ4n) is 3.15. The summed E-state index contributed by atoms with van der Waals surface area (Å²) in [6.07, 6.45) is 8.55. The molecule has 148 valence electrons. The highest BCUT2D eigenvalue weighted by Gasteiger charge is 2.00. The van der Waals surface area contributed by atoms with Crippen LogP contribution in [0.3, 0.4) is 0 Å². The Kier molecular flexibility index (Phi) is 7.09. The largest absolute Gasteiger partial charge is 0.0543 e. The number of fused-ring (bicyclic) bond motifs is 1. The molecule has 0 aliphatic heterocycles. The smallest absolute Gasteiger partial charge is 0.0248 e. The first-order valence-electron chi connectivity index (χ1n) is 9.28. The molecule has 0 spiro atoms. The quantitative estimate of drug-likeness (QED) is 0.193. The summed E-state index contributed by atoms with van der Waals surface area (Å²) < 4.78 is 4.29. The van der Waals surface area contributed by atoms with E-state index < -0.39 is 0 Å². The van der Waals surface area contributed by atoms with Crippen molar-refractivity contribution in [3.05, 3.63) is 113 Å². The van der Waals surface area contributed by atoms with Gasteiger partial charge in [0.15, 0.2) is 0 Å². The van der Waals surface area contributed by atoms with Crippen molar-refractivity contribution in [1.29, 1.82) is 0 Å². The molecule has 4 rings (SSSR count). The summed E-state index contributed by atoms with van der Waals surface area (Å²) in [5.74, 6) is 0. The summed E-state index contributed by atoms with van der Waals surface area (Å²) in [5, 5.41) is 2.46. The third kappa shape index (κ3) is 5.42. The van der Waals surface area contributed by atoms with Gasteiger partial charge in [-0.2, -0.15) is 0 Å². The van der Waals surface area contributed by atoms with E-state index in [2.05, 4.69) is 137 Å². The van der Waals surface area contributed by atoms with Crippen LogP contribution in [0.2, 0.25) is 0 Å². The maximum atomic E-state index is 3.61. The first kappa shape index (κ1) is 21.8. The van der Waals surface area contributed by atoms with Crippen molar-refractivity contribution in [3.63, 3.8) is 0 Å². The minimum Gasteiger partial charge on any atom is -0.0543 e. The molecule has 0 aromatic heterocycles. The minimum atomic E-state index is 1.07. The molecule has 0 unspecified atom stereocenters. The van der Waals surface area contributed by atoms with Gasteiger partial charge < -0.3 is 0 Å². The SMILES string of the molecule is Brc1ccc(Br)c(C=Cc2ccc3ccc(C=Cc4cc(Br)ccc4Br)cc3c2)c1. The Bertz CT molecular complexity index is 1190. The molecule has 0 nitrogen and oxygen atoms in total. The second-order valence-corrected chi connectivity index (χ2v) is 10.4. The van der Waals surface area contributed by atoms with Crippen LogP contribution in [-0.4, -0.2) is 0 Å². The number of rotatable bonds is 4. The minimum absolute atomic E-state index is 1.07. The lowest BCUT2D eigenvalue weighted by molar-refractivity contribution is 1.56. The molecule has 0 aliphatic rings. The van der Waals surface area contributed by atoms with Gasteiger partial charge in [-0.1, -0.05) is 112 Å². The van der Waals surface area contributed by atoms with Crippen molar-refractivity contribution in [2.45, 2.75) is 0 Å². The van der Waals surface area contributed by atoms with E-state index in [9.17, 15) is 0 Å². The Labute approximate surface area is 210 Å². The molecule has 4 heteroatoms. The zero-order valence-corrected chi connectivity index (χ0v) is 22.1. The molecule has 4 aromatic carbocycles. The normalized spacial score (nSPS) is 11.7. The molecule has 0 saturated carbocycles. The van der Waals surface area contributed by atoms with Crippen LogP contribution in [0.5, 0.6) is 0 Å². The Balaban J connectivity index is 1.62.